The lowest BCUT2D eigenvalue weighted by Gasteiger charge is -2.22. The number of rotatable bonds is 6. The summed E-state index contributed by atoms with van der Waals surface area (Å²) in [5.41, 5.74) is 4.16. The summed E-state index contributed by atoms with van der Waals surface area (Å²) in [6, 6.07) is 16.2. The number of hydrogen-bond acceptors (Lipinski definition) is 4. The Hall–Kier alpha value is -3.35. The van der Waals surface area contributed by atoms with E-state index in [2.05, 4.69) is 29.6 Å². The molecular formula is C25H26N2O5. The molecule has 0 heterocycles. The van der Waals surface area contributed by atoms with Crippen molar-refractivity contribution in [3.05, 3.63) is 59.7 Å². The summed E-state index contributed by atoms with van der Waals surface area (Å²) >= 11 is 0. The molecule has 5 rings (SSSR count). The number of carbonyl (C=O) groups is 3. The molecule has 0 spiro atoms. The number of carboxylic acid groups (broad SMARTS) is 1. The van der Waals surface area contributed by atoms with Crippen LogP contribution >= 0.6 is 0 Å². The summed E-state index contributed by atoms with van der Waals surface area (Å²) in [6.45, 7) is -0.0563. The van der Waals surface area contributed by atoms with E-state index in [0.717, 1.165) is 24.0 Å². The quantitative estimate of drug-likeness (QED) is 0.728. The van der Waals surface area contributed by atoms with Gasteiger partial charge in [0.1, 0.15) is 13.2 Å². The first kappa shape index (κ1) is 20.5. The highest BCUT2D eigenvalue weighted by Crippen LogP contribution is 2.64. The van der Waals surface area contributed by atoms with Crippen LogP contribution in [0.3, 0.4) is 0 Å². The molecule has 2 N–H and O–H groups in total. The van der Waals surface area contributed by atoms with Crippen LogP contribution in [0.1, 0.15) is 36.3 Å². The van der Waals surface area contributed by atoms with Crippen molar-refractivity contribution in [1.29, 1.82) is 0 Å². The number of fused-ring (bicyclic) bond motifs is 4. The van der Waals surface area contributed by atoms with Crippen LogP contribution in [-0.4, -0.2) is 54.2 Å². The Bertz CT molecular complexity index is 1050. The van der Waals surface area contributed by atoms with Gasteiger partial charge >= 0.3 is 12.1 Å². The zero-order valence-electron chi connectivity index (χ0n) is 17.9. The van der Waals surface area contributed by atoms with Crippen molar-refractivity contribution >= 4 is 18.0 Å². The van der Waals surface area contributed by atoms with Gasteiger partial charge in [-0.25, -0.2) is 4.79 Å². The molecule has 0 unspecified atom stereocenters. The summed E-state index contributed by atoms with van der Waals surface area (Å²) in [5, 5.41) is 11.9. The van der Waals surface area contributed by atoms with E-state index in [1.807, 2.05) is 24.3 Å². The average molecular weight is 434 g/mol. The Morgan fingerprint density at radius 3 is 2.31 bits per heavy atom. The molecule has 0 radical (unpaired) electrons. The fourth-order valence-corrected chi connectivity index (χ4v) is 5.73. The molecule has 32 heavy (non-hydrogen) atoms. The molecule has 3 aliphatic carbocycles. The van der Waals surface area contributed by atoms with Gasteiger partial charge in [0.2, 0.25) is 5.91 Å². The number of nitrogens with one attached hydrogen (secondary N) is 1. The Morgan fingerprint density at radius 1 is 1.06 bits per heavy atom. The van der Waals surface area contributed by atoms with E-state index in [9.17, 15) is 14.4 Å². The summed E-state index contributed by atoms with van der Waals surface area (Å²) in [5.74, 6) is -0.963. The number of alkyl carbamates (subject to hydrolysis) is 1. The Labute approximate surface area is 186 Å². The van der Waals surface area contributed by atoms with Gasteiger partial charge in [-0.3, -0.25) is 9.59 Å². The van der Waals surface area contributed by atoms with E-state index >= 15 is 0 Å². The predicted molar refractivity (Wildman–Crippen MR) is 117 cm³/mol. The highest BCUT2D eigenvalue weighted by Gasteiger charge is 2.65. The normalized spacial score (nSPS) is 24.8. The third-order valence-corrected chi connectivity index (χ3v) is 7.22. The van der Waals surface area contributed by atoms with E-state index in [4.69, 9.17) is 9.84 Å². The Morgan fingerprint density at radius 2 is 1.69 bits per heavy atom. The van der Waals surface area contributed by atoms with Crippen molar-refractivity contribution in [2.45, 2.75) is 31.2 Å². The molecular weight excluding hydrogens is 408 g/mol. The highest BCUT2D eigenvalue weighted by atomic mass is 16.5. The number of amides is 2. The molecule has 7 nitrogen and oxygen atoms in total. The summed E-state index contributed by atoms with van der Waals surface area (Å²) in [6.07, 6.45) is 1.54. The van der Waals surface area contributed by atoms with Gasteiger partial charge in [0.05, 0.1) is 5.41 Å². The molecule has 2 aromatic rings. The lowest BCUT2D eigenvalue weighted by atomic mass is 9.98. The molecule has 3 aliphatic rings. The van der Waals surface area contributed by atoms with Crippen LogP contribution in [0.4, 0.5) is 4.79 Å². The van der Waals surface area contributed by atoms with Crippen LogP contribution < -0.4 is 5.32 Å². The first-order valence-electron chi connectivity index (χ1n) is 11.0. The number of aliphatic carboxylic acids is 1. The monoisotopic (exact) mass is 434 g/mol. The van der Waals surface area contributed by atoms with E-state index in [-0.39, 0.29) is 36.9 Å². The minimum absolute atomic E-state index is 0.00252. The average Bonchev–Trinajstić information content (AvgIpc) is 3.19. The number of likely N-dealkylation sites (N-methyl/N-ethyl adjacent to an activating group) is 1. The van der Waals surface area contributed by atoms with Crippen molar-refractivity contribution in [1.82, 2.24) is 10.2 Å². The predicted octanol–water partition coefficient (Wildman–Crippen LogP) is 3.24. The maximum atomic E-state index is 12.7. The van der Waals surface area contributed by atoms with Gasteiger partial charge in [-0.05, 0) is 47.4 Å². The molecule has 2 aromatic carbocycles. The molecule has 2 saturated carbocycles. The van der Waals surface area contributed by atoms with E-state index in [1.165, 1.54) is 23.1 Å². The van der Waals surface area contributed by atoms with Gasteiger partial charge in [0.25, 0.3) is 0 Å². The van der Waals surface area contributed by atoms with Crippen LogP contribution in [0.2, 0.25) is 0 Å². The van der Waals surface area contributed by atoms with Gasteiger partial charge in [-0.15, -0.1) is 0 Å². The SMILES string of the molecule is CN(CC(=O)O)C(=O)[C@]12C[C@H](NC(=O)OCC3c4ccccc4-c4ccccc43)C[C@H]1C2. The number of benzene rings is 2. The van der Waals surface area contributed by atoms with Crippen molar-refractivity contribution in [3.63, 3.8) is 0 Å². The number of ether oxygens (including phenoxy) is 1. The van der Waals surface area contributed by atoms with Crippen molar-refractivity contribution < 1.29 is 24.2 Å². The number of carbonyl (C=O) groups excluding carboxylic acids is 2. The van der Waals surface area contributed by atoms with Crippen LogP contribution in [0.25, 0.3) is 11.1 Å². The summed E-state index contributed by atoms with van der Waals surface area (Å²) in [4.78, 5) is 37.5. The van der Waals surface area contributed by atoms with Gasteiger partial charge in [0.15, 0.2) is 0 Å². The second kappa shape index (κ2) is 7.65. The fraction of sp³-hybridized carbons (Fsp3) is 0.400. The van der Waals surface area contributed by atoms with Crippen LogP contribution in [-0.2, 0) is 14.3 Å². The van der Waals surface area contributed by atoms with Crippen molar-refractivity contribution in [2.75, 3.05) is 20.2 Å². The first-order chi connectivity index (χ1) is 15.4. The maximum Gasteiger partial charge on any atom is 0.407 e. The van der Waals surface area contributed by atoms with Crippen molar-refractivity contribution in [2.24, 2.45) is 11.3 Å². The first-order valence-corrected chi connectivity index (χ1v) is 11.0. The highest BCUT2D eigenvalue weighted by molar-refractivity contribution is 5.89. The second-order valence-corrected chi connectivity index (χ2v) is 9.22. The number of carboxylic acids is 1. The van der Waals surface area contributed by atoms with E-state index < -0.39 is 17.5 Å². The molecule has 166 valence electrons. The standard InChI is InChI=1S/C25H26N2O5/c1-27(13-22(28)29)23(30)25-11-15(25)10-16(12-25)26-24(31)32-14-21-19-8-4-2-6-17(19)18-7-3-5-9-20(18)21/h2-9,15-16,21H,10-14H2,1H3,(H,26,31)(H,28,29)/t15-,16+,25+/m0/s1. The molecule has 0 bridgehead atoms. The minimum atomic E-state index is -1.03. The molecule has 3 atom stereocenters. The van der Waals surface area contributed by atoms with E-state index in [1.54, 1.807) is 0 Å². The smallest absolute Gasteiger partial charge is 0.407 e. The molecule has 2 amide bonds. The summed E-state index contributed by atoms with van der Waals surface area (Å²) < 4.78 is 5.62. The molecule has 0 aromatic heterocycles. The van der Waals surface area contributed by atoms with Gasteiger partial charge in [-0.2, -0.15) is 0 Å². The van der Waals surface area contributed by atoms with Crippen LogP contribution in [0.15, 0.2) is 48.5 Å². The zero-order chi connectivity index (χ0) is 22.5. The molecule has 0 saturated heterocycles. The van der Waals surface area contributed by atoms with Crippen LogP contribution in [0.5, 0.6) is 0 Å². The van der Waals surface area contributed by atoms with Crippen molar-refractivity contribution in [3.8, 4) is 11.1 Å². The maximum absolute atomic E-state index is 12.7. The van der Waals surface area contributed by atoms with Gasteiger partial charge < -0.3 is 20.1 Å². The molecule has 2 fully saturated rings. The van der Waals surface area contributed by atoms with Crippen LogP contribution in [0, 0.1) is 11.3 Å². The largest absolute Gasteiger partial charge is 0.480 e. The van der Waals surface area contributed by atoms with Gasteiger partial charge in [0, 0.05) is 19.0 Å². The molecule has 0 aliphatic heterocycles. The third kappa shape index (κ3) is 3.42. The lowest BCUT2D eigenvalue weighted by molar-refractivity contribution is -0.146. The Balaban J connectivity index is 1.19. The molecule has 7 heteroatoms. The van der Waals surface area contributed by atoms with E-state index in [0.29, 0.717) is 6.42 Å². The topological polar surface area (TPSA) is 95.9 Å². The zero-order valence-corrected chi connectivity index (χ0v) is 17.9. The number of nitrogens with zero attached hydrogens (tertiary/aromatic N) is 1. The second-order valence-electron chi connectivity index (χ2n) is 9.22. The minimum Gasteiger partial charge on any atom is -0.480 e. The fourth-order valence-electron chi connectivity index (χ4n) is 5.73. The Kier molecular flexibility index (Phi) is 4.92. The number of hydrogen-bond donors (Lipinski definition) is 2. The summed E-state index contributed by atoms with van der Waals surface area (Å²) in [7, 11) is 1.52. The van der Waals surface area contributed by atoms with Gasteiger partial charge in [-0.1, -0.05) is 48.5 Å². The third-order valence-electron chi connectivity index (χ3n) is 7.22. The lowest BCUT2D eigenvalue weighted by Crippen LogP contribution is -2.40.